The molecule has 0 bridgehead atoms. The number of hydrogen-bond donors (Lipinski definition) is 1. The van der Waals surface area contributed by atoms with Crippen molar-refractivity contribution in [1.29, 1.82) is 0 Å². The van der Waals surface area contributed by atoms with Gasteiger partial charge in [0.05, 0.1) is 0 Å². The zero-order valence-electron chi connectivity index (χ0n) is 12.0. The molecule has 1 atom stereocenters. The fraction of sp³-hybridized carbons (Fsp3) is 0.294. The molecule has 0 aliphatic heterocycles. The van der Waals surface area contributed by atoms with Crippen molar-refractivity contribution in [3.05, 3.63) is 71.0 Å². The molecule has 2 nitrogen and oxygen atoms in total. The molecule has 0 aliphatic carbocycles. The highest BCUT2D eigenvalue weighted by atomic mass is 19.1. The van der Waals surface area contributed by atoms with Crippen LogP contribution in [0, 0.1) is 12.7 Å². The molecule has 0 aromatic heterocycles. The Morgan fingerprint density at radius 3 is 2.60 bits per heavy atom. The summed E-state index contributed by atoms with van der Waals surface area (Å²) >= 11 is 0. The Morgan fingerprint density at radius 1 is 1.15 bits per heavy atom. The number of rotatable bonds is 5. The molecule has 0 radical (unpaired) electrons. The summed E-state index contributed by atoms with van der Waals surface area (Å²) in [5, 5.41) is 0. The van der Waals surface area contributed by atoms with E-state index in [9.17, 15) is 4.39 Å². The zero-order valence-corrected chi connectivity index (χ0v) is 12.0. The smallest absolute Gasteiger partial charge is 0.123 e. The number of nitrogens with two attached hydrogens (primary N) is 1. The average Bonchev–Trinajstić information content (AvgIpc) is 2.41. The summed E-state index contributed by atoms with van der Waals surface area (Å²) < 4.78 is 13.2. The Hall–Kier alpha value is -1.71. The fourth-order valence-electron chi connectivity index (χ4n) is 2.32. The summed E-state index contributed by atoms with van der Waals surface area (Å²) in [6.07, 6.45) is 0. The van der Waals surface area contributed by atoms with E-state index in [2.05, 4.69) is 24.0 Å². The summed E-state index contributed by atoms with van der Waals surface area (Å²) in [6.45, 7) is 3.64. The predicted molar refractivity (Wildman–Crippen MR) is 80.8 cm³/mol. The van der Waals surface area contributed by atoms with E-state index in [-0.39, 0.29) is 11.9 Å². The normalized spacial score (nSPS) is 12.7. The van der Waals surface area contributed by atoms with Crippen molar-refractivity contribution < 1.29 is 4.39 Å². The molecular formula is C17H21FN2. The van der Waals surface area contributed by atoms with Crippen molar-refractivity contribution >= 4 is 0 Å². The molecular weight excluding hydrogens is 251 g/mol. The van der Waals surface area contributed by atoms with E-state index in [4.69, 9.17) is 5.73 Å². The molecule has 1 unspecified atom stereocenters. The lowest BCUT2D eigenvalue weighted by molar-refractivity contribution is 0.304. The van der Waals surface area contributed by atoms with Gasteiger partial charge in [-0.2, -0.15) is 0 Å². The van der Waals surface area contributed by atoms with Crippen LogP contribution in [0.3, 0.4) is 0 Å². The number of halogens is 1. The Kier molecular flexibility index (Phi) is 4.88. The van der Waals surface area contributed by atoms with Gasteiger partial charge in [-0.3, -0.25) is 0 Å². The van der Waals surface area contributed by atoms with Gasteiger partial charge in [-0.1, -0.05) is 36.4 Å². The van der Waals surface area contributed by atoms with Gasteiger partial charge in [0.15, 0.2) is 0 Å². The van der Waals surface area contributed by atoms with Gasteiger partial charge in [-0.05, 0) is 42.8 Å². The number of nitrogens with zero attached hydrogens (tertiary/aromatic N) is 1. The van der Waals surface area contributed by atoms with Crippen LogP contribution >= 0.6 is 0 Å². The number of aryl methyl sites for hydroxylation is 1. The van der Waals surface area contributed by atoms with Crippen LogP contribution in [0.15, 0.2) is 48.5 Å². The van der Waals surface area contributed by atoms with Gasteiger partial charge in [-0.15, -0.1) is 0 Å². The summed E-state index contributed by atoms with van der Waals surface area (Å²) in [5.41, 5.74) is 9.55. The molecule has 2 N–H and O–H groups in total. The van der Waals surface area contributed by atoms with Gasteiger partial charge in [-0.25, -0.2) is 4.39 Å². The van der Waals surface area contributed by atoms with E-state index in [0.29, 0.717) is 6.54 Å². The minimum atomic E-state index is -0.237. The average molecular weight is 272 g/mol. The first-order valence-electron chi connectivity index (χ1n) is 6.80. The molecule has 2 aromatic rings. The zero-order chi connectivity index (χ0) is 14.5. The molecule has 0 spiro atoms. The highest BCUT2D eigenvalue weighted by Crippen LogP contribution is 2.15. The highest BCUT2D eigenvalue weighted by molar-refractivity contribution is 5.25. The number of hydrogen-bond acceptors (Lipinski definition) is 2. The minimum Gasteiger partial charge on any atom is -0.323 e. The molecule has 3 heteroatoms. The maximum Gasteiger partial charge on any atom is 0.123 e. The lowest BCUT2D eigenvalue weighted by Crippen LogP contribution is -2.29. The molecule has 0 heterocycles. The van der Waals surface area contributed by atoms with Gasteiger partial charge in [0.25, 0.3) is 0 Å². The van der Waals surface area contributed by atoms with Crippen molar-refractivity contribution in [3.63, 3.8) is 0 Å². The summed E-state index contributed by atoms with van der Waals surface area (Å²) in [6, 6.07) is 14.6. The third-order valence-corrected chi connectivity index (χ3v) is 3.49. The van der Waals surface area contributed by atoms with Crippen LogP contribution in [-0.2, 0) is 6.54 Å². The van der Waals surface area contributed by atoms with E-state index in [1.54, 1.807) is 6.07 Å². The summed E-state index contributed by atoms with van der Waals surface area (Å²) in [5.74, 6) is -0.237. The molecule has 2 rings (SSSR count). The van der Waals surface area contributed by atoms with E-state index >= 15 is 0 Å². The van der Waals surface area contributed by atoms with Crippen LogP contribution in [0.4, 0.5) is 4.39 Å². The van der Waals surface area contributed by atoms with Gasteiger partial charge < -0.3 is 10.6 Å². The van der Waals surface area contributed by atoms with Crippen molar-refractivity contribution in [2.45, 2.75) is 19.5 Å². The monoisotopic (exact) mass is 272 g/mol. The predicted octanol–water partition coefficient (Wildman–Crippen LogP) is 3.27. The number of likely N-dealkylation sites (N-methyl/N-ethyl adjacent to an activating group) is 1. The molecule has 0 fully saturated rings. The first-order valence-corrected chi connectivity index (χ1v) is 6.80. The van der Waals surface area contributed by atoms with Gasteiger partial charge in [0, 0.05) is 19.1 Å². The van der Waals surface area contributed by atoms with Gasteiger partial charge in [0.2, 0.25) is 0 Å². The molecule has 0 saturated carbocycles. The molecule has 2 aromatic carbocycles. The first-order chi connectivity index (χ1) is 9.56. The van der Waals surface area contributed by atoms with Crippen LogP contribution in [0.1, 0.15) is 22.7 Å². The summed E-state index contributed by atoms with van der Waals surface area (Å²) in [7, 11) is 2.03. The maximum absolute atomic E-state index is 13.2. The maximum atomic E-state index is 13.2. The van der Waals surface area contributed by atoms with Crippen molar-refractivity contribution in [2.75, 3.05) is 13.6 Å². The third-order valence-electron chi connectivity index (χ3n) is 3.49. The molecule has 0 aliphatic rings. The van der Waals surface area contributed by atoms with E-state index in [1.165, 1.54) is 23.3 Å². The quantitative estimate of drug-likeness (QED) is 0.905. The van der Waals surface area contributed by atoms with Crippen molar-refractivity contribution in [3.8, 4) is 0 Å². The second-order valence-corrected chi connectivity index (χ2v) is 5.28. The van der Waals surface area contributed by atoms with Crippen molar-refractivity contribution in [1.82, 2.24) is 4.90 Å². The largest absolute Gasteiger partial charge is 0.323 e. The molecule has 0 saturated heterocycles. The second-order valence-electron chi connectivity index (χ2n) is 5.28. The second kappa shape index (κ2) is 6.64. The Labute approximate surface area is 120 Å². The molecule has 20 heavy (non-hydrogen) atoms. The highest BCUT2D eigenvalue weighted by Gasteiger charge is 2.11. The SMILES string of the molecule is Cc1ccccc1CN(C)CC(N)c1cccc(F)c1. The lowest BCUT2D eigenvalue weighted by atomic mass is 10.1. The topological polar surface area (TPSA) is 29.3 Å². The van der Waals surface area contributed by atoms with Crippen LogP contribution in [0.2, 0.25) is 0 Å². The van der Waals surface area contributed by atoms with E-state index in [0.717, 1.165) is 12.1 Å². The third kappa shape index (κ3) is 3.89. The van der Waals surface area contributed by atoms with Crippen LogP contribution in [-0.4, -0.2) is 18.5 Å². The Morgan fingerprint density at radius 2 is 1.90 bits per heavy atom. The first kappa shape index (κ1) is 14.7. The van der Waals surface area contributed by atoms with Crippen molar-refractivity contribution in [2.24, 2.45) is 5.73 Å². The molecule has 106 valence electrons. The van der Waals surface area contributed by atoms with Gasteiger partial charge >= 0.3 is 0 Å². The standard InChI is InChI=1S/C17H21FN2/c1-13-6-3-4-7-15(13)11-20(2)12-17(19)14-8-5-9-16(18)10-14/h3-10,17H,11-12,19H2,1-2H3. The van der Waals surface area contributed by atoms with E-state index < -0.39 is 0 Å². The molecule has 0 amide bonds. The van der Waals surface area contributed by atoms with Crippen LogP contribution in [0.25, 0.3) is 0 Å². The van der Waals surface area contributed by atoms with Gasteiger partial charge in [0.1, 0.15) is 5.82 Å². The van der Waals surface area contributed by atoms with E-state index in [1.807, 2.05) is 25.2 Å². The minimum absolute atomic E-state index is 0.181. The fourth-order valence-corrected chi connectivity index (χ4v) is 2.32. The Balaban J connectivity index is 1.98. The lowest BCUT2D eigenvalue weighted by Gasteiger charge is -2.22. The van der Waals surface area contributed by atoms with Crippen LogP contribution in [0.5, 0.6) is 0 Å². The van der Waals surface area contributed by atoms with Crippen LogP contribution < -0.4 is 5.73 Å². The summed E-state index contributed by atoms with van der Waals surface area (Å²) in [4.78, 5) is 2.16. The Bertz CT molecular complexity index is 568. The number of benzene rings is 2.